The van der Waals surface area contributed by atoms with Crippen LogP contribution in [0.2, 0.25) is 0 Å². The minimum atomic E-state index is -0.759. The van der Waals surface area contributed by atoms with Crippen LogP contribution in [-0.2, 0) is 11.2 Å². The maximum Gasteiger partial charge on any atom is 0.318 e. The van der Waals surface area contributed by atoms with Crippen molar-refractivity contribution in [1.82, 2.24) is 4.90 Å². The van der Waals surface area contributed by atoms with Crippen LogP contribution in [0.15, 0.2) is 77.7 Å². The van der Waals surface area contributed by atoms with E-state index in [9.17, 15) is 29.8 Å². The number of hydrogen-bond acceptors (Lipinski definition) is 8. The van der Waals surface area contributed by atoms with Crippen molar-refractivity contribution >= 4 is 40.4 Å². The molecule has 176 valence electrons. The van der Waals surface area contributed by atoms with Crippen molar-refractivity contribution in [2.45, 2.75) is 6.42 Å². The quantitative estimate of drug-likeness (QED) is 0.227. The summed E-state index contributed by atoms with van der Waals surface area (Å²) < 4.78 is 5.54. The summed E-state index contributed by atoms with van der Waals surface area (Å²) in [5, 5.41) is 21.8. The third kappa shape index (κ3) is 5.53. The highest BCUT2D eigenvalue weighted by Gasteiger charge is 2.34. The van der Waals surface area contributed by atoms with Gasteiger partial charge >= 0.3 is 5.69 Å². The fraction of sp³-hybridized carbons (Fsp3) is 0.0833. The first-order valence-corrected chi connectivity index (χ1v) is 11.1. The first kappa shape index (κ1) is 23.6. The average molecular weight is 491 g/mol. The lowest BCUT2D eigenvalue weighted by atomic mass is 10.1. The molecule has 1 saturated heterocycles. The predicted molar refractivity (Wildman–Crippen MR) is 129 cm³/mol. The van der Waals surface area contributed by atoms with E-state index in [1.165, 1.54) is 17.0 Å². The molecule has 0 aliphatic carbocycles. The average Bonchev–Trinajstić information content (AvgIpc) is 3.11. The van der Waals surface area contributed by atoms with E-state index in [4.69, 9.17) is 4.74 Å². The molecular weight excluding hydrogens is 474 g/mol. The van der Waals surface area contributed by atoms with E-state index in [2.05, 4.69) is 0 Å². The Kier molecular flexibility index (Phi) is 6.88. The predicted octanol–water partition coefficient (Wildman–Crippen LogP) is 5.57. The van der Waals surface area contributed by atoms with Gasteiger partial charge in [0.2, 0.25) is 5.75 Å². The van der Waals surface area contributed by atoms with Gasteiger partial charge in [0.05, 0.1) is 20.8 Å². The van der Waals surface area contributed by atoms with Gasteiger partial charge in [-0.25, -0.2) is 0 Å². The second-order valence-corrected chi connectivity index (χ2v) is 8.40. The highest BCUT2D eigenvalue weighted by atomic mass is 32.2. The van der Waals surface area contributed by atoms with Crippen molar-refractivity contribution in [3.63, 3.8) is 0 Å². The number of rotatable bonds is 8. The van der Waals surface area contributed by atoms with Gasteiger partial charge in [-0.05, 0) is 53.6 Å². The number of nitrogens with zero attached hydrogens (tertiary/aromatic N) is 3. The van der Waals surface area contributed by atoms with Gasteiger partial charge in [-0.3, -0.25) is 34.7 Å². The van der Waals surface area contributed by atoms with Crippen LogP contribution in [0.4, 0.5) is 16.2 Å². The van der Waals surface area contributed by atoms with Gasteiger partial charge in [0.1, 0.15) is 5.75 Å². The number of benzene rings is 3. The van der Waals surface area contributed by atoms with Gasteiger partial charge in [-0.15, -0.1) is 0 Å². The Balaban J connectivity index is 1.45. The molecule has 0 spiro atoms. The third-order valence-corrected chi connectivity index (χ3v) is 6.00. The Morgan fingerprint density at radius 2 is 1.63 bits per heavy atom. The zero-order valence-corrected chi connectivity index (χ0v) is 18.8. The van der Waals surface area contributed by atoms with Gasteiger partial charge in [-0.1, -0.05) is 42.5 Å². The second-order valence-electron chi connectivity index (χ2n) is 7.41. The first-order chi connectivity index (χ1) is 16.8. The summed E-state index contributed by atoms with van der Waals surface area (Å²) in [6.45, 7) is 0.285. The standard InChI is InChI=1S/C24H17N3O7S/c28-23-22(35-24(29)25(23)13-12-16-4-2-1-3-5-16)14-17-6-9-19(10-7-17)34-21-11-8-18(26(30)31)15-20(21)27(32)33/h1-11,14-15H,12-13H2/b22-14+. The minimum Gasteiger partial charge on any atom is -0.450 e. The summed E-state index contributed by atoms with van der Waals surface area (Å²) in [6.07, 6.45) is 2.15. The second kappa shape index (κ2) is 10.2. The molecule has 0 unspecified atom stereocenters. The summed E-state index contributed by atoms with van der Waals surface area (Å²) >= 11 is 0.865. The number of hydrogen-bond donors (Lipinski definition) is 0. The van der Waals surface area contributed by atoms with E-state index >= 15 is 0 Å². The number of carbonyl (C=O) groups excluding carboxylic acids is 2. The molecule has 1 aliphatic rings. The lowest BCUT2D eigenvalue weighted by molar-refractivity contribution is -0.394. The van der Waals surface area contributed by atoms with Gasteiger partial charge in [0.25, 0.3) is 16.8 Å². The molecule has 4 rings (SSSR count). The van der Waals surface area contributed by atoms with Crippen molar-refractivity contribution in [2.75, 3.05) is 6.54 Å². The van der Waals surface area contributed by atoms with E-state index < -0.39 is 21.2 Å². The smallest absolute Gasteiger partial charge is 0.318 e. The van der Waals surface area contributed by atoms with E-state index in [-0.39, 0.29) is 29.2 Å². The molecule has 2 amide bonds. The molecular formula is C24H17N3O7S. The summed E-state index contributed by atoms with van der Waals surface area (Å²) in [5.41, 5.74) is 0.702. The fourth-order valence-electron chi connectivity index (χ4n) is 3.34. The molecule has 0 atom stereocenters. The molecule has 10 nitrogen and oxygen atoms in total. The topological polar surface area (TPSA) is 133 Å². The Bertz CT molecular complexity index is 1340. The van der Waals surface area contributed by atoms with Gasteiger partial charge in [0.15, 0.2) is 0 Å². The highest BCUT2D eigenvalue weighted by molar-refractivity contribution is 8.18. The molecule has 3 aromatic rings. The zero-order chi connectivity index (χ0) is 24.9. The summed E-state index contributed by atoms with van der Waals surface area (Å²) in [6, 6.07) is 19.0. The monoisotopic (exact) mass is 491 g/mol. The lowest BCUT2D eigenvalue weighted by Crippen LogP contribution is -2.30. The van der Waals surface area contributed by atoms with Crippen LogP contribution in [0.3, 0.4) is 0 Å². The number of carbonyl (C=O) groups is 2. The van der Waals surface area contributed by atoms with E-state index in [1.54, 1.807) is 18.2 Å². The SMILES string of the molecule is O=C1S/C(=C/c2ccc(Oc3ccc([N+](=O)[O-])cc3[N+](=O)[O-])cc2)C(=O)N1CCc1ccccc1. The van der Waals surface area contributed by atoms with E-state index in [0.29, 0.717) is 16.9 Å². The maximum atomic E-state index is 12.7. The number of amides is 2. The first-order valence-electron chi connectivity index (χ1n) is 10.3. The Labute approximate surface area is 203 Å². The largest absolute Gasteiger partial charge is 0.450 e. The van der Waals surface area contributed by atoms with Crippen LogP contribution >= 0.6 is 11.8 Å². The highest BCUT2D eigenvalue weighted by Crippen LogP contribution is 2.35. The molecule has 1 aliphatic heterocycles. The molecule has 35 heavy (non-hydrogen) atoms. The van der Waals surface area contributed by atoms with Crippen LogP contribution in [-0.4, -0.2) is 32.4 Å². The molecule has 1 fully saturated rings. The fourth-order valence-corrected chi connectivity index (χ4v) is 4.20. The van der Waals surface area contributed by atoms with E-state index in [0.717, 1.165) is 35.5 Å². The molecule has 0 radical (unpaired) electrons. The number of non-ortho nitro benzene ring substituents is 1. The van der Waals surface area contributed by atoms with Crippen LogP contribution in [0.25, 0.3) is 6.08 Å². The molecule has 0 N–H and O–H groups in total. The van der Waals surface area contributed by atoms with Crippen molar-refractivity contribution in [1.29, 1.82) is 0 Å². The number of nitro benzene ring substituents is 2. The Morgan fingerprint density at radius 3 is 2.29 bits per heavy atom. The maximum absolute atomic E-state index is 12.7. The zero-order valence-electron chi connectivity index (χ0n) is 18.0. The van der Waals surface area contributed by atoms with Crippen molar-refractivity contribution in [2.24, 2.45) is 0 Å². The molecule has 1 heterocycles. The van der Waals surface area contributed by atoms with Crippen LogP contribution < -0.4 is 4.74 Å². The molecule has 0 saturated carbocycles. The van der Waals surface area contributed by atoms with Crippen molar-refractivity contribution in [3.8, 4) is 11.5 Å². The molecule has 11 heteroatoms. The lowest BCUT2D eigenvalue weighted by Gasteiger charge is -2.12. The summed E-state index contributed by atoms with van der Waals surface area (Å²) in [5.74, 6) is -0.249. The van der Waals surface area contributed by atoms with Crippen molar-refractivity contribution < 1.29 is 24.2 Å². The Hall–Kier alpha value is -4.51. The number of ether oxygens (including phenoxy) is 1. The third-order valence-electron chi connectivity index (χ3n) is 5.10. The summed E-state index contributed by atoms with van der Waals surface area (Å²) in [4.78, 5) is 47.2. The number of thioether (sulfide) groups is 1. The number of nitro groups is 2. The summed E-state index contributed by atoms with van der Waals surface area (Å²) in [7, 11) is 0. The van der Waals surface area contributed by atoms with E-state index in [1.807, 2.05) is 30.3 Å². The normalized spacial score (nSPS) is 14.4. The minimum absolute atomic E-state index is 0.145. The molecule has 0 aromatic heterocycles. The van der Waals surface area contributed by atoms with Gasteiger partial charge in [-0.2, -0.15) is 0 Å². The van der Waals surface area contributed by atoms with Crippen LogP contribution in [0, 0.1) is 20.2 Å². The molecule has 3 aromatic carbocycles. The van der Waals surface area contributed by atoms with Crippen LogP contribution in [0.1, 0.15) is 11.1 Å². The number of imide groups is 1. The van der Waals surface area contributed by atoms with Crippen molar-refractivity contribution in [3.05, 3.63) is 109 Å². The van der Waals surface area contributed by atoms with Gasteiger partial charge in [0, 0.05) is 12.6 Å². The Morgan fingerprint density at radius 1 is 0.914 bits per heavy atom. The van der Waals surface area contributed by atoms with Crippen LogP contribution in [0.5, 0.6) is 11.5 Å². The van der Waals surface area contributed by atoms with Gasteiger partial charge < -0.3 is 4.74 Å². The molecule has 0 bridgehead atoms.